The van der Waals surface area contributed by atoms with Crippen molar-refractivity contribution in [3.05, 3.63) is 72.6 Å². The van der Waals surface area contributed by atoms with Gasteiger partial charge in [-0.1, -0.05) is 29.3 Å². The lowest BCUT2D eigenvalue weighted by atomic mass is 10.1. The Hall–Kier alpha value is -2.46. The van der Waals surface area contributed by atoms with E-state index in [4.69, 9.17) is 23.2 Å². The maximum atomic E-state index is 12.8. The fraction of sp³-hybridized carbons (Fsp3) is 0.333. The van der Waals surface area contributed by atoms with Crippen LogP contribution in [-0.4, -0.2) is 34.8 Å². The van der Waals surface area contributed by atoms with Gasteiger partial charge in [-0.2, -0.15) is 5.10 Å². The number of rotatable bonds is 10. The van der Waals surface area contributed by atoms with E-state index in [2.05, 4.69) is 26.0 Å². The molecular weight excluding hydrogens is 471 g/mol. The molecule has 0 atom stereocenters. The fourth-order valence-electron chi connectivity index (χ4n) is 3.12. The standard InChI is InChI=1S/C21H24Cl2N6O2S/c1-24-9-13-3-4-15(22)7-14(13)10-26-19(30)8-17-18(23)11-27-29(20(17)31)6-5-16-12-32-21(25-2)28-16/h3-4,7,11-12,24H,5-6,8-10H2,1-2H3,(H,25,28)(H,26,30). The molecule has 2 aromatic heterocycles. The molecule has 0 saturated heterocycles. The van der Waals surface area contributed by atoms with Gasteiger partial charge in [-0.05, 0) is 30.3 Å². The largest absolute Gasteiger partial charge is 0.365 e. The highest BCUT2D eigenvalue weighted by Gasteiger charge is 2.15. The third-order valence-corrected chi connectivity index (χ3v) is 6.25. The summed E-state index contributed by atoms with van der Waals surface area (Å²) in [6.07, 6.45) is 1.80. The minimum Gasteiger partial charge on any atom is -0.365 e. The smallest absolute Gasteiger partial charge is 0.271 e. The van der Waals surface area contributed by atoms with E-state index in [1.807, 2.05) is 30.6 Å². The quantitative estimate of drug-likeness (QED) is 0.400. The van der Waals surface area contributed by atoms with Crippen LogP contribution in [0, 0.1) is 0 Å². The van der Waals surface area contributed by atoms with Crippen molar-refractivity contribution in [1.29, 1.82) is 0 Å². The summed E-state index contributed by atoms with van der Waals surface area (Å²) >= 11 is 13.8. The van der Waals surface area contributed by atoms with E-state index < -0.39 is 0 Å². The lowest BCUT2D eigenvalue weighted by Gasteiger charge is -2.12. The highest BCUT2D eigenvalue weighted by Crippen LogP contribution is 2.17. The molecule has 8 nitrogen and oxygen atoms in total. The molecule has 11 heteroatoms. The van der Waals surface area contributed by atoms with Gasteiger partial charge in [0.2, 0.25) is 5.91 Å². The Morgan fingerprint density at radius 1 is 1.19 bits per heavy atom. The van der Waals surface area contributed by atoms with Crippen molar-refractivity contribution in [2.75, 3.05) is 19.4 Å². The van der Waals surface area contributed by atoms with Gasteiger partial charge < -0.3 is 16.0 Å². The Balaban J connectivity index is 1.66. The summed E-state index contributed by atoms with van der Waals surface area (Å²) < 4.78 is 1.31. The van der Waals surface area contributed by atoms with E-state index in [-0.39, 0.29) is 28.5 Å². The number of amides is 1. The number of nitrogens with zero attached hydrogens (tertiary/aromatic N) is 3. The number of thiazole rings is 1. The Kier molecular flexibility index (Phi) is 8.63. The Labute approximate surface area is 200 Å². The minimum atomic E-state index is -0.379. The van der Waals surface area contributed by atoms with Crippen LogP contribution in [0.15, 0.2) is 34.6 Å². The van der Waals surface area contributed by atoms with Crippen LogP contribution in [0.5, 0.6) is 0 Å². The monoisotopic (exact) mass is 494 g/mol. The molecule has 170 valence electrons. The van der Waals surface area contributed by atoms with Gasteiger partial charge in [-0.25, -0.2) is 9.67 Å². The van der Waals surface area contributed by atoms with Crippen LogP contribution in [0.3, 0.4) is 0 Å². The van der Waals surface area contributed by atoms with Gasteiger partial charge in [0.05, 0.1) is 29.9 Å². The second-order valence-corrected chi connectivity index (χ2v) is 8.74. The summed E-state index contributed by atoms with van der Waals surface area (Å²) in [6.45, 7) is 1.29. The molecular formula is C21H24Cl2N6O2S. The first kappa shape index (κ1) is 24.2. The van der Waals surface area contributed by atoms with E-state index >= 15 is 0 Å². The number of carbonyl (C=O) groups excluding carboxylic acids is 1. The lowest BCUT2D eigenvalue weighted by molar-refractivity contribution is -0.120. The van der Waals surface area contributed by atoms with Gasteiger partial charge in [0.25, 0.3) is 5.56 Å². The third kappa shape index (κ3) is 6.29. The first-order valence-corrected chi connectivity index (χ1v) is 11.6. The van der Waals surface area contributed by atoms with Crippen LogP contribution < -0.4 is 21.5 Å². The average Bonchev–Trinajstić information content (AvgIpc) is 3.24. The normalized spacial score (nSPS) is 10.9. The van der Waals surface area contributed by atoms with Crippen molar-refractivity contribution in [1.82, 2.24) is 25.4 Å². The SMILES string of the molecule is CNCc1ccc(Cl)cc1CNC(=O)Cc1c(Cl)cnn(CCc2csc(NC)n2)c1=O. The van der Waals surface area contributed by atoms with Gasteiger partial charge in [0.15, 0.2) is 5.13 Å². The minimum absolute atomic E-state index is 0.136. The molecule has 0 saturated carbocycles. The summed E-state index contributed by atoms with van der Waals surface area (Å²) in [5.74, 6) is -0.310. The first-order chi connectivity index (χ1) is 15.4. The molecule has 3 rings (SSSR count). The molecule has 3 aromatic rings. The zero-order valence-corrected chi connectivity index (χ0v) is 20.1. The number of hydrogen-bond acceptors (Lipinski definition) is 7. The fourth-order valence-corrected chi connectivity index (χ4v) is 4.22. The van der Waals surface area contributed by atoms with Crippen molar-refractivity contribution in [2.45, 2.75) is 32.5 Å². The number of aromatic nitrogens is 3. The van der Waals surface area contributed by atoms with Crippen LogP contribution in [0.25, 0.3) is 0 Å². The number of carbonyl (C=O) groups is 1. The summed E-state index contributed by atoms with van der Waals surface area (Å²) in [4.78, 5) is 29.8. The summed E-state index contributed by atoms with van der Waals surface area (Å²) in [5.41, 5.74) is 2.64. The molecule has 2 heterocycles. The molecule has 0 bridgehead atoms. The first-order valence-electron chi connectivity index (χ1n) is 9.96. The van der Waals surface area contributed by atoms with E-state index in [0.29, 0.717) is 31.1 Å². The number of halogens is 2. The average molecular weight is 495 g/mol. The lowest BCUT2D eigenvalue weighted by Crippen LogP contribution is -2.32. The maximum absolute atomic E-state index is 12.8. The zero-order valence-electron chi connectivity index (χ0n) is 17.7. The van der Waals surface area contributed by atoms with E-state index in [1.54, 1.807) is 7.05 Å². The molecule has 0 spiro atoms. The van der Waals surface area contributed by atoms with Gasteiger partial charge in [0, 0.05) is 42.5 Å². The number of aryl methyl sites for hydroxylation is 2. The molecule has 0 aliphatic heterocycles. The summed E-state index contributed by atoms with van der Waals surface area (Å²) in [7, 11) is 3.65. The summed E-state index contributed by atoms with van der Waals surface area (Å²) in [6, 6.07) is 5.55. The predicted molar refractivity (Wildman–Crippen MR) is 129 cm³/mol. The molecule has 1 aromatic carbocycles. The summed E-state index contributed by atoms with van der Waals surface area (Å²) in [5, 5.41) is 16.5. The molecule has 1 amide bonds. The molecule has 0 aliphatic rings. The molecule has 32 heavy (non-hydrogen) atoms. The Morgan fingerprint density at radius 3 is 2.72 bits per heavy atom. The van der Waals surface area contributed by atoms with E-state index in [9.17, 15) is 9.59 Å². The van der Waals surface area contributed by atoms with Crippen LogP contribution in [0.4, 0.5) is 5.13 Å². The molecule has 0 aliphatic carbocycles. The second-order valence-electron chi connectivity index (χ2n) is 7.04. The van der Waals surface area contributed by atoms with Gasteiger partial charge in [-0.3, -0.25) is 9.59 Å². The number of benzene rings is 1. The highest BCUT2D eigenvalue weighted by atomic mass is 35.5. The Morgan fingerprint density at radius 2 is 2.00 bits per heavy atom. The molecule has 0 fully saturated rings. The number of anilines is 1. The van der Waals surface area contributed by atoms with E-state index in [1.165, 1.54) is 22.2 Å². The van der Waals surface area contributed by atoms with Crippen LogP contribution in [0.2, 0.25) is 10.0 Å². The predicted octanol–water partition coefficient (Wildman–Crippen LogP) is 2.87. The van der Waals surface area contributed by atoms with Crippen LogP contribution in [0.1, 0.15) is 22.4 Å². The van der Waals surface area contributed by atoms with Crippen LogP contribution >= 0.6 is 34.5 Å². The van der Waals surface area contributed by atoms with Gasteiger partial charge >= 0.3 is 0 Å². The highest BCUT2D eigenvalue weighted by molar-refractivity contribution is 7.13. The number of hydrogen-bond donors (Lipinski definition) is 3. The van der Waals surface area contributed by atoms with Crippen molar-refractivity contribution >= 4 is 45.6 Å². The molecule has 0 unspecified atom stereocenters. The van der Waals surface area contributed by atoms with Crippen LogP contribution in [-0.2, 0) is 37.3 Å². The molecule has 0 radical (unpaired) electrons. The van der Waals surface area contributed by atoms with Crippen molar-refractivity contribution in [3.63, 3.8) is 0 Å². The van der Waals surface area contributed by atoms with E-state index in [0.717, 1.165) is 22.0 Å². The van der Waals surface area contributed by atoms with Crippen molar-refractivity contribution in [2.24, 2.45) is 0 Å². The second kappa shape index (κ2) is 11.4. The van der Waals surface area contributed by atoms with Crippen molar-refractivity contribution < 1.29 is 4.79 Å². The zero-order chi connectivity index (χ0) is 23.1. The third-order valence-electron chi connectivity index (χ3n) is 4.79. The van der Waals surface area contributed by atoms with Gasteiger partial charge in [-0.15, -0.1) is 11.3 Å². The number of nitrogens with one attached hydrogen (secondary N) is 3. The van der Waals surface area contributed by atoms with Gasteiger partial charge in [0.1, 0.15) is 0 Å². The maximum Gasteiger partial charge on any atom is 0.271 e. The van der Waals surface area contributed by atoms with Crippen molar-refractivity contribution in [3.8, 4) is 0 Å². The topological polar surface area (TPSA) is 101 Å². The molecule has 3 N–H and O–H groups in total. The Bertz CT molecular complexity index is 1150.